The monoisotopic (exact) mass is 375 g/mol. The standard InChI is InChI=1S/C18H14ClNO4S/c1-25(22,23)16-9-5-3-7-14(16)18(21)24-11-13-10-12-6-2-4-8-15(12)20-17(13)19/h2-10H,11H2,1H3. The van der Waals surface area contributed by atoms with Crippen LogP contribution >= 0.6 is 11.6 Å². The SMILES string of the molecule is CS(=O)(=O)c1ccccc1C(=O)OCc1cc2ccccc2nc1Cl. The molecule has 1 heterocycles. The van der Waals surface area contributed by atoms with E-state index in [1.165, 1.54) is 12.1 Å². The third-order valence-corrected chi connectivity index (χ3v) is 5.10. The van der Waals surface area contributed by atoms with Crippen LogP contribution in [0, 0.1) is 0 Å². The summed E-state index contributed by atoms with van der Waals surface area (Å²) in [6, 6.07) is 15.1. The molecule has 0 aliphatic heterocycles. The maximum atomic E-state index is 12.3. The van der Waals surface area contributed by atoms with Gasteiger partial charge in [-0.15, -0.1) is 0 Å². The number of sulfone groups is 1. The van der Waals surface area contributed by atoms with Gasteiger partial charge in [-0.25, -0.2) is 18.2 Å². The molecule has 0 unspecified atom stereocenters. The molecule has 0 spiro atoms. The molecule has 25 heavy (non-hydrogen) atoms. The van der Waals surface area contributed by atoms with Gasteiger partial charge in [0, 0.05) is 17.2 Å². The Kier molecular flexibility index (Phi) is 4.74. The summed E-state index contributed by atoms with van der Waals surface area (Å²) in [4.78, 5) is 16.5. The van der Waals surface area contributed by atoms with Crippen LogP contribution in [0.25, 0.3) is 10.9 Å². The van der Waals surface area contributed by atoms with Crippen LogP contribution in [-0.4, -0.2) is 25.6 Å². The van der Waals surface area contributed by atoms with Gasteiger partial charge in [-0.05, 0) is 24.3 Å². The molecule has 2 aromatic carbocycles. The lowest BCUT2D eigenvalue weighted by molar-refractivity contribution is 0.0468. The lowest BCUT2D eigenvalue weighted by Crippen LogP contribution is -2.11. The highest BCUT2D eigenvalue weighted by atomic mass is 35.5. The summed E-state index contributed by atoms with van der Waals surface area (Å²) in [6.45, 7) is -0.104. The molecule has 0 saturated heterocycles. The first-order valence-electron chi connectivity index (χ1n) is 7.36. The zero-order valence-corrected chi connectivity index (χ0v) is 14.8. The number of carbonyl (C=O) groups excluding carboxylic acids is 1. The van der Waals surface area contributed by atoms with Crippen LogP contribution in [-0.2, 0) is 21.2 Å². The lowest BCUT2D eigenvalue weighted by Gasteiger charge is -2.10. The number of fused-ring (bicyclic) bond motifs is 1. The summed E-state index contributed by atoms with van der Waals surface area (Å²) >= 11 is 6.14. The van der Waals surface area contributed by atoms with E-state index >= 15 is 0 Å². The predicted molar refractivity (Wildman–Crippen MR) is 95.4 cm³/mol. The van der Waals surface area contributed by atoms with Crippen molar-refractivity contribution >= 4 is 38.3 Å². The first kappa shape index (κ1) is 17.4. The van der Waals surface area contributed by atoms with Crippen molar-refractivity contribution in [1.82, 2.24) is 4.98 Å². The van der Waals surface area contributed by atoms with E-state index in [-0.39, 0.29) is 22.2 Å². The number of esters is 1. The maximum Gasteiger partial charge on any atom is 0.339 e. The van der Waals surface area contributed by atoms with E-state index in [9.17, 15) is 13.2 Å². The third-order valence-electron chi connectivity index (χ3n) is 3.62. The topological polar surface area (TPSA) is 73.3 Å². The molecule has 0 fully saturated rings. The summed E-state index contributed by atoms with van der Waals surface area (Å²) in [6.07, 6.45) is 1.04. The fourth-order valence-electron chi connectivity index (χ4n) is 2.42. The number of pyridine rings is 1. The quantitative estimate of drug-likeness (QED) is 0.514. The van der Waals surface area contributed by atoms with Gasteiger partial charge in [0.25, 0.3) is 0 Å². The van der Waals surface area contributed by atoms with Gasteiger partial charge >= 0.3 is 5.97 Å². The maximum absolute atomic E-state index is 12.3. The van der Waals surface area contributed by atoms with Gasteiger partial charge in [-0.2, -0.15) is 0 Å². The van der Waals surface area contributed by atoms with Crippen molar-refractivity contribution in [2.45, 2.75) is 11.5 Å². The highest BCUT2D eigenvalue weighted by Crippen LogP contribution is 2.22. The molecule has 0 aliphatic carbocycles. The van der Waals surface area contributed by atoms with Crippen molar-refractivity contribution in [2.24, 2.45) is 0 Å². The van der Waals surface area contributed by atoms with Gasteiger partial charge in [-0.3, -0.25) is 0 Å². The van der Waals surface area contributed by atoms with Gasteiger partial charge in [-0.1, -0.05) is 41.9 Å². The Hall–Kier alpha value is -2.44. The molecule has 1 aromatic heterocycles. The van der Waals surface area contributed by atoms with E-state index in [4.69, 9.17) is 16.3 Å². The average molecular weight is 376 g/mol. The largest absolute Gasteiger partial charge is 0.457 e. The van der Waals surface area contributed by atoms with Crippen molar-refractivity contribution in [3.05, 3.63) is 70.9 Å². The summed E-state index contributed by atoms with van der Waals surface area (Å²) in [7, 11) is -3.54. The molecule has 0 radical (unpaired) electrons. The minimum absolute atomic E-state index is 0.00475. The Morgan fingerprint density at radius 2 is 1.80 bits per heavy atom. The van der Waals surface area contributed by atoms with Crippen LogP contribution < -0.4 is 0 Å². The minimum Gasteiger partial charge on any atom is -0.457 e. The Morgan fingerprint density at radius 1 is 1.12 bits per heavy atom. The van der Waals surface area contributed by atoms with Crippen LogP contribution in [0.1, 0.15) is 15.9 Å². The third kappa shape index (κ3) is 3.81. The fraction of sp³-hybridized carbons (Fsp3) is 0.111. The van der Waals surface area contributed by atoms with Gasteiger partial charge in [0.1, 0.15) is 11.8 Å². The minimum atomic E-state index is -3.54. The second-order valence-corrected chi connectivity index (χ2v) is 7.82. The van der Waals surface area contributed by atoms with E-state index in [0.29, 0.717) is 5.56 Å². The van der Waals surface area contributed by atoms with Gasteiger partial charge < -0.3 is 4.74 Å². The summed E-state index contributed by atoms with van der Waals surface area (Å²) in [5.74, 6) is -0.731. The molecule has 0 bridgehead atoms. The van der Waals surface area contributed by atoms with Crippen molar-refractivity contribution < 1.29 is 17.9 Å². The Morgan fingerprint density at radius 3 is 2.56 bits per heavy atom. The van der Waals surface area contributed by atoms with E-state index in [2.05, 4.69) is 4.98 Å². The molecule has 0 amide bonds. The second kappa shape index (κ2) is 6.82. The van der Waals surface area contributed by atoms with Crippen molar-refractivity contribution in [1.29, 1.82) is 0 Å². The molecular formula is C18H14ClNO4S. The smallest absolute Gasteiger partial charge is 0.339 e. The van der Waals surface area contributed by atoms with E-state index in [1.54, 1.807) is 18.2 Å². The number of para-hydroxylation sites is 1. The van der Waals surface area contributed by atoms with Crippen LogP contribution in [0.2, 0.25) is 5.15 Å². The number of ether oxygens (including phenoxy) is 1. The number of hydrogen-bond donors (Lipinski definition) is 0. The zero-order chi connectivity index (χ0) is 18.0. The van der Waals surface area contributed by atoms with Crippen LogP contribution in [0.3, 0.4) is 0 Å². The summed E-state index contributed by atoms with van der Waals surface area (Å²) in [5, 5.41) is 1.11. The normalized spacial score (nSPS) is 11.4. The second-order valence-electron chi connectivity index (χ2n) is 5.48. The molecule has 3 rings (SSSR count). The van der Waals surface area contributed by atoms with Crippen molar-refractivity contribution in [3.8, 4) is 0 Å². The lowest BCUT2D eigenvalue weighted by atomic mass is 10.1. The molecule has 0 N–H and O–H groups in total. The van der Waals surface area contributed by atoms with E-state index < -0.39 is 15.8 Å². The highest BCUT2D eigenvalue weighted by Gasteiger charge is 2.19. The molecule has 0 aliphatic rings. The Balaban J connectivity index is 1.85. The zero-order valence-electron chi connectivity index (χ0n) is 13.3. The molecule has 128 valence electrons. The molecule has 0 atom stereocenters. The van der Waals surface area contributed by atoms with Gasteiger partial charge in [0.15, 0.2) is 9.84 Å². The molecule has 5 nitrogen and oxygen atoms in total. The number of benzene rings is 2. The van der Waals surface area contributed by atoms with Gasteiger partial charge in [0.05, 0.1) is 16.0 Å². The predicted octanol–water partition coefficient (Wildman–Crippen LogP) is 3.65. The Bertz CT molecular complexity index is 1060. The summed E-state index contributed by atoms with van der Waals surface area (Å²) < 4.78 is 28.8. The molecule has 3 aromatic rings. The summed E-state index contributed by atoms with van der Waals surface area (Å²) in [5.41, 5.74) is 1.28. The number of carbonyl (C=O) groups is 1. The fourth-order valence-corrected chi connectivity index (χ4v) is 3.49. The van der Waals surface area contributed by atoms with E-state index in [1.807, 2.05) is 24.3 Å². The van der Waals surface area contributed by atoms with E-state index in [0.717, 1.165) is 17.2 Å². The van der Waals surface area contributed by atoms with Crippen molar-refractivity contribution in [2.75, 3.05) is 6.26 Å². The number of halogens is 1. The van der Waals surface area contributed by atoms with Crippen LogP contribution in [0.15, 0.2) is 59.5 Å². The molecule has 7 heteroatoms. The Labute approximate surface area is 150 Å². The first-order chi connectivity index (χ1) is 11.9. The molecular weight excluding hydrogens is 362 g/mol. The van der Waals surface area contributed by atoms with Crippen LogP contribution in [0.4, 0.5) is 0 Å². The van der Waals surface area contributed by atoms with Crippen LogP contribution in [0.5, 0.6) is 0 Å². The average Bonchev–Trinajstić information content (AvgIpc) is 2.59. The number of aromatic nitrogens is 1. The van der Waals surface area contributed by atoms with Gasteiger partial charge in [0.2, 0.25) is 0 Å². The highest BCUT2D eigenvalue weighted by molar-refractivity contribution is 7.90. The van der Waals surface area contributed by atoms with Crippen molar-refractivity contribution in [3.63, 3.8) is 0 Å². The number of hydrogen-bond acceptors (Lipinski definition) is 5. The molecule has 0 saturated carbocycles. The number of nitrogens with zero attached hydrogens (tertiary/aromatic N) is 1. The first-order valence-corrected chi connectivity index (χ1v) is 9.63. The number of rotatable bonds is 4.